The van der Waals surface area contributed by atoms with Crippen molar-refractivity contribution < 1.29 is 9.53 Å². The van der Waals surface area contributed by atoms with Gasteiger partial charge in [-0.2, -0.15) is 0 Å². The van der Waals surface area contributed by atoms with E-state index in [-0.39, 0.29) is 12.0 Å². The number of carbonyl (C=O) groups excluding carboxylic acids is 1. The molecular formula is C17H17NO2. The maximum absolute atomic E-state index is 11.8. The van der Waals surface area contributed by atoms with E-state index in [1.54, 1.807) is 0 Å². The molecule has 0 bridgehead atoms. The zero-order valence-electron chi connectivity index (χ0n) is 11.4. The van der Waals surface area contributed by atoms with Gasteiger partial charge in [0.15, 0.2) is 0 Å². The fourth-order valence-corrected chi connectivity index (χ4v) is 2.53. The van der Waals surface area contributed by atoms with Crippen molar-refractivity contribution in [3.8, 4) is 5.75 Å². The molecule has 3 rings (SSSR count). The van der Waals surface area contributed by atoms with Gasteiger partial charge in [-0.1, -0.05) is 36.4 Å². The normalized spacial score (nSPS) is 15.2. The largest absolute Gasteiger partial charge is 0.486 e. The Balaban J connectivity index is 1.88. The lowest BCUT2D eigenvalue weighted by atomic mass is 9.99. The molecule has 1 unspecified atom stereocenters. The predicted molar refractivity (Wildman–Crippen MR) is 78.0 cm³/mol. The van der Waals surface area contributed by atoms with Gasteiger partial charge in [-0.25, -0.2) is 0 Å². The molecule has 3 nitrogen and oxygen atoms in total. The first kappa shape index (κ1) is 12.7. The Kier molecular flexibility index (Phi) is 3.42. The van der Waals surface area contributed by atoms with E-state index in [1.807, 2.05) is 55.5 Å². The maximum Gasteiger partial charge on any atom is 0.251 e. The average molecular weight is 267 g/mol. The topological polar surface area (TPSA) is 38.3 Å². The van der Waals surface area contributed by atoms with Crippen LogP contribution in [0.4, 0.5) is 0 Å². The second kappa shape index (κ2) is 5.37. The van der Waals surface area contributed by atoms with Crippen LogP contribution in [0.15, 0.2) is 48.5 Å². The van der Waals surface area contributed by atoms with Crippen LogP contribution in [0.5, 0.6) is 5.75 Å². The van der Waals surface area contributed by atoms with E-state index in [2.05, 4.69) is 5.32 Å². The molecule has 0 spiro atoms. The van der Waals surface area contributed by atoms with Crippen LogP contribution in [-0.4, -0.2) is 12.5 Å². The van der Waals surface area contributed by atoms with Crippen molar-refractivity contribution in [1.82, 2.24) is 5.32 Å². The summed E-state index contributed by atoms with van der Waals surface area (Å²) in [6, 6.07) is 15.8. The summed E-state index contributed by atoms with van der Waals surface area (Å²) in [7, 11) is 0. The molecule has 20 heavy (non-hydrogen) atoms. The van der Waals surface area contributed by atoms with Crippen molar-refractivity contribution >= 4 is 5.91 Å². The Bertz CT molecular complexity index is 622. The smallest absolute Gasteiger partial charge is 0.251 e. The maximum atomic E-state index is 11.8. The summed E-state index contributed by atoms with van der Waals surface area (Å²) in [5.74, 6) is 0.803. The number of nitrogens with one attached hydrogen (secondary N) is 1. The summed E-state index contributed by atoms with van der Waals surface area (Å²) in [6.07, 6.45) is 0.784. The molecule has 0 aromatic heterocycles. The first-order valence-corrected chi connectivity index (χ1v) is 6.87. The number of ether oxygens (including phenoxy) is 1. The minimum absolute atomic E-state index is 0.0101. The van der Waals surface area contributed by atoms with E-state index in [9.17, 15) is 4.79 Å². The third kappa shape index (κ3) is 2.39. The van der Waals surface area contributed by atoms with E-state index in [0.29, 0.717) is 6.54 Å². The second-order valence-corrected chi connectivity index (χ2v) is 4.96. The van der Waals surface area contributed by atoms with Crippen LogP contribution in [0, 0.1) is 0 Å². The summed E-state index contributed by atoms with van der Waals surface area (Å²) in [5.41, 5.74) is 2.87. The van der Waals surface area contributed by atoms with Crippen molar-refractivity contribution in [1.29, 1.82) is 0 Å². The highest BCUT2D eigenvalue weighted by Crippen LogP contribution is 2.29. The molecule has 1 aliphatic heterocycles. The van der Waals surface area contributed by atoms with Crippen molar-refractivity contribution in [3.05, 3.63) is 65.2 Å². The van der Waals surface area contributed by atoms with Crippen molar-refractivity contribution in [3.63, 3.8) is 0 Å². The zero-order valence-corrected chi connectivity index (χ0v) is 11.4. The highest BCUT2D eigenvalue weighted by molar-refractivity contribution is 5.97. The molecule has 0 saturated heterocycles. The highest BCUT2D eigenvalue weighted by atomic mass is 16.5. The Hall–Kier alpha value is -2.29. The van der Waals surface area contributed by atoms with Crippen LogP contribution in [0.25, 0.3) is 0 Å². The standard InChI is InChI=1S/C17H17NO2/c1-12(13-6-3-2-4-7-13)20-16-9-5-8-15-14(16)10-11-18-17(15)19/h2-9,12H,10-11H2,1H3,(H,18,19). The van der Waals surface area contributed by atoms with Crippen LogP contribution in [0.3, 0.4) is 0 Å². The first-order chi connectivity index (χ1) is 9.75. The van der Waals surface area contributed by atoms with Gasteiger partial charge in [0.25, 0.3) is 5.91 Å². The van der Waals surface area contributed by atoms with E-state index in [4.69, 9.17) is 4.74 Å². The Morgan fingerprint density at radius 1 is 1.10 bits per heavy atom. The summed E-state index contributed by atoms with van der Waals surface area (Å²) in [6.45, 7) is 2.70. The van der Waals surface area contributed by atoms with Gasteiger partial charge in [-0.3, -0.25) is 4.79 Å². The third-order valence-electron chi connectivity index (χ3n) is 3.61. The molecule has 3 heteroatoms. The van der Waals surface area contributed by atoms with E-state index >= 15 is 0 Å². The quantitative estimate of drug-likeness (QED) is 0.928. The molecule has 1 heterocycles. The van der Waals surface area contributed by atoms with Crippen LogP contribution in [0.1, 0.15) is 34.5 Å². The molecule has 0 fully saturated rings. The van der Waals surface area contributed by atoms with E-state index in [0.717, 1.165) is 28.9 Å². The van der Waals surface area contributed by atoms with Gasteiger partial charge >= 0.3 is 0 Å². The first-order valence-electron chi connectivity index (χ1n) is 6.87. The predicted octanol–water partition coefficient (Wildman–Crippen LogP) is 3.11. The molecule has 1 N–H and O–H groups in total. The lowest BCUT2D eigenvalue weighted by molar-refractivity contribution is 0.0944. The fraction of sp³-hybridized carbons (Fsp3) is 0.235. The van der Waals surface area contributed by atoms with Crippen LogP contribution < -0.4 is 10.1 Å². The molecule has 1 aliphatic rings. The zero-order chi connectivity index (χ0) is 13.9. The third-order valence-corrected chi connectivity index (χ3v) is 3.61. The molecule has 0 aliphatic carbocycles. The molecule has 102 valence electrons. The number of hydrogen-bond donors (Lipinski definition) is 1. The molecule has 0 radical (unpaired) electrons. The molecule has 2 aromatic carbocycles. The van der Waals surface area contributed by atoms with Gasteiger partial charge in [0.1, 0.15) is 11.9 Å². The lowest BCUT2D eigenvalue weighted by Gasteiger charge is -2.22. The van der Waals surface area contributed by atoms with Crippen molar-refractivity contribution in [2.45, 2.75) is 19.4 Å². The Morgan fingerprint density at radius 3 is 2.70 bits per heavy atom. The van der Waals surface area contributed by atoms with Crippen LogP contribution in [0.2, 0.25) is 0 Å². The Labute approximate surface area is 118 Å². The fourth-order valence-electron chi connectivity index (χ4n) is 2.53. The minimum Gasteiger partial charge on any atom is -0.486 e. The molecule has 0 saturated carbocycles. The van der Waals surface area contributed by atoms with Crippen LogP contribution in [-0.2, 0) is 6.42 Å². The Morgan fingerprint density at radius 2 is 1.90 bits per heavy atom. The number of benzene rings is 2. The number of carbonyl (C=O) groups is 1. The van der Waals surface area contributed by atoms with Crippen molar-refractivity contribution in [2.75, 3.05) is 6.54 Å². The second-order valence-electron chi connectivity index (χ2n) is 4.96. The molecular weight excluding hydrogens is 250 g/mol. The van der Waals surface area contributed by atoms with Gasteiger partial charge in [-0.15, -0.1) is 0 Å². The molecule has 1 atom stereocenters. The molecule has 2 aromatic rings. The summed E-state index contributed by atoms with van der Waals surface area (Å²) >= 11 is 0. The summed E-state index contributed by atoms with van der Waals surface area (Å²) in [4.78, 5) is 11.8. The summed E-state index contributed by atoms with van der Waals surface area (Å²) in [5, 5.41) is 2.86. The van der Waals surface area contributed by atoms with Gasteiger partial charge in [0, 0.05) is 17.7 Å². The SMILES string of the molecule is CC(Oc1cccc2c1CCNC2=O)c1ccccc1. The molecule has 1 amide bonds. The monoisotopic (exact) mass is 267 g/mol. The van der Waals surface area contributed by atoms with E-state index < -0.39 is 0 Å². The van der Waals surface area contributed by atoms with Gasteiger partial charge in [0.05, 0.1) is 0 Å². The number of hydrogen-bond acceptors (Lipinski definition) is 2. The lowest BCUT2D eigenvalue weighted by Crippen LogP contribution is -2.32. The highest BCUT2D eigenvalue weighted by Gasteiger charge is 2.20. The average Bonchev–Trinajstić information content (AvgIpc) is 2.49. The number of amides is 1. The van der Waals surface area contributed by atoms with E-state index in [1.165, 1.54) is 0 Å². The number of rotatable bonds is 3. The van der Waals surface area contributed by atoms with Gasteiger partial charge < -0.3 is 10.1 Å². The minimum atomic E-state index is -0.0345. The van der Waals surface area contributed by atoms with Gasteiger partial charge in [0.2, 0.25) is 0 Å². The van der Waals surface area contributed by atoms with Crippen LogP contribution >= 0.6 is 0 Å². The summed E-state index contributed by atoms with van der Waals surface area (Å²) < 4.78 is 6.07. The number of fused-ring (bicyclic) bond motifs is 1. The van der Waals surface area contributed by atoms with Crippen molar-refractivity contribution in [2.24, 2.45) is 0 Å². The van der Waals surface area contributed by atoms with Gasteiger partial charge in [-0.05, 0) is 31.0 Å².